The Morgan fingerprint density at radius 1 is 1.32 bits per heavy atom. The minimum absolute atomic E-state index is 0.00610. The van der Waals surface area contributed by atoms with Gasteiger partial charge in [-0.2, -0.15) is 0 Å². The number of nitrogens with zero attached hydrogens (tertiary/aromatic N) is 3. The van der Waals surface area contributed by atoms with Crippen LogP contribution in [0.25, 0.3) is 10.9 Å². The maximum Gasteiger partial charge on any atom is 0.261 e. The zero-order valence-electron chi connectivity index (χ0n) is 14.8. The van der Waals surface area contributed by atoms with E-state index in [0.717, 1.165) is 31.2 Å². The number of carbonyl (C=O) groups excluding carboxylic acids is 1. The van der Waals surface area contributed by atoms with Crippen molar-refractivity contribution < 1.29 is 9.90 Å². The monoisotopic (exact) mass is 343 g/mol. The Morgan fingerprint density at radius 3 is 2.72 bits per heavy atom. The van der Waals surface area contributed by atoms with Crippen LogP contribution in [-0.2, 0) is 11.3 Å². The summed E-state index contributed by atoms with van der Waals surface area (Å²) in [5.74, 6) is 0.277. The first-order valence-electron chi connectivity index (χ1n) is 8.82. The third-order valence-electron chi connectivity index (χ3n) is 5.38. The second-order valence-electron chi connectivity index (χ2n) is 7.01. The molecule has 1 aliphatic rings. The Labute approximate surface area is 147 Å². The van der Waals surface area contributed by atoms with Crippen LogP contribution in [-0.4, -0.2) is 45.2 Å². The smallest absolute Gasteiger partial charge is 0.261 e. The van der Waals surface area contributed by atoms with Gasteiger partial charge in [0.2, 0.25) is 5.91 Å². The van der Waals surface area contributed by atoms with Gasteiger partial charge in [0, 0.05) is 19.7 Å². The Bertz CT molecular complexity index is 822. The first-order valence-corrected chi connectivity index (χ1v) is 8.82. The molecule has 0 saturated heterocycles. The number of likely N-dealkylation sites (N-methyl/N-ethyl adjacent to an activating group) is 1. The standard InChI is InChI=1S/C19H25N3O3/c1-13-4-3-5-16-18(13)20-12-22(19(16)25)10-17(24)21(2)15-8-6-14(11-23)7-9-15/h3-5,12,14-15,23H,6-11H2,1-2H3. The molecule has 1 saturated carbocycles. The minimum Gasteiger partial charge on any atom is -0.396 e. The van der Waals surface area contributed by atoms with Gasteiger partial charge in [0.25, 0.3) is 5.56 Å². The average Bonchev–Trinajstić information content (AvgIpc) is 2.64. The fourth-order valence-corrected chi connectivity index (χ4v) is 3.63. The van der Waals surface area contributed by atoms with Crippen molar-refractivity contribution in [3.63, 3.8) is 0 Å². The number of carbonyl (C=O) groups is 1. The van der Waals surface area contributed by atoms with E-state index in [9.17, 15) is 14.7 Å². The van der Waals surface area contributed by atoms with E-state index in [4.69, 9.17) is 0 Å². The molecule has 6 heteroatoms. The van der Waals surface area contributed by atoms with Gasteiger partial charge in [-0.15, -0.1) is 0 Å². The average molecular weight is 343 g/mol. The Kier molecular flexibility index (Phi) is 5.18. The van der Waals surface area contributed by atoms with Crippen LogP contribution >= 0.6 is 0 Å². The molecule has 0 spiro atoms. The fraction of sp³-hybridized carbons (Fsp3) is 0.526. The quantitative estimate of drug-likeness (QED) is 0.917. The molecule has 1 aromatic heterocycles. The number of aromatic nitrogens is 2. The van der Waals surface area contributed by atoms with Crippen molar-refractivity contribution >= 4 is 16.8 Å². The van der Waals surface area contributed by atoms with Gasteiger partial charge < -0.3 is 10.0 Å². The molecule has 1 aliphatic carbocycles. The number of para-hydroxylation sites is 1. The lowest BCUT2D eigenvalue weighted by molar-refractivity contribution is -0.133. The second kappa shape index (κ2) is 7.35. The lowest BCUT2D eigenvalue weighted by Crippen LogP contribution is -2.42. The SMILES string of the molecule is Cc1cccc2c(=O)n(CC(=O)N(C)C3CCC(CO)CC3)cnc12. The van der Waals surface area contributed by atoms with Crippen LogP contribution in [0.2, 0.25) is 0 Å². The van der Waals surface area contributed by atoms with Crippen LogP contribution < -0.4 is 5.56 Å². The molecule has 1 heterocycles. The summed E-state index contributed by atoms with van der Waals surface area (Å²) in [6, 6.07) is 5.68. The summed E-state index contributed by atoms with van der Waals surface area (Å²) in [7, 11) is 1.80. The molecule has 0 aliphatic heterocycles. The van der Waals surface area contributed by atoms with Gasteiger partial charge in [-0.3, -0.25) is 14.2 Å². The van der Waals surface area contributed by atoms with E-state index in [1.807, 2.05) is 19.1 Å². The van der Waals surface area contributed by atoms with Gasteiger partial charge >= 0.3 is 0 Å². The summed E-state index contributed by atoms with van der Waals surface area (Å²) in [5.41, 5.74) is 1.46. The van der Waals surface area contributed by atoms with Crippen LogP contribution in [0.5, 0.6) is 0 Å². The highest BCUT2D eigenvalue weighted by Crippen LogP contribution is 2.26. The van der Waals surface area contributed by atoms with Gasteiger partial charge in [0.15, 0.2) is 0 Å². The van der Waals surface area contributed by atoms with E-state index in [-0.39, 0.29) is 30.7 Å². The molecule has 0 radical (unpaired) electrons. The first-order chi connectivity index (χ1) is 12.0. The number of amides is 1. The number of hydrogen-bond donors (Lipinski definition) is 1. The molecule has 1 amide bonds. The predicted octanol–water partition coefficient (Wildman–Crippen LogP) is 1.71. The highest BCUT2D eigenvalue weighted by molar-refractivity contribution is 5.81. The molecule has 2 aromatic rings. The van der Waals surface area contributed by atoms with Gasteiger partial charge in [0.05, 0.1) is 17.2 Å². The summed E-state index contributed by atoms with van der Waals surface area (Å²) >= 11 is 0. The Balaban J connectivity index is 1.74. The van der Waals surface area contributed by atoms with Crippen LogP contribution in [0.3, 0.4) is 0 Å². The van der Waals surface area contributed by atoms with Crippen LogP contribution in [0.1, 0.15) is 31.2 Å². The van der Waals surface area contributed by atoms with Crippen molar-refractivity contribution in [2.45, 2.75) is 45.2 Å². The molecule has 1 aromatic carbocycles. The lowest BCUT2D eigenvalue weighted by Gasteiger charge is -2.34. The van der Waals surface area contributed by atoms with Crippen LogP contribution in [0.4, 0.5) is 0 Å². The summed E-state index contributed by atoms with van der Waals surface area (Å²) in [6.45, 7) is 2.15. The number of hydrogen-bond acceptors (Lipinski definition) is 4. The second-order valence-corrected chi connectivity index (χ2v) is 7.01. The Morgan fingerprint density at radius 2 is 2.04 bits per heavy atom. The molecular weight excluding hydrogens is 318 g/mol. The van der Waals surface area contributed by atoms with Crippen molar-refractivity contribution in [3.8, 4) is 0 Å². The van der Waals surface area contributed by atoms with Gasteiger partial charge in [-0.25, -0.2) is 4.98 Å². The molecule has 134 valence electrons. The highest BCUT2D eigenvalue weighted by atomic mass is 16.3. The Hall–Kier alpha value is -2.21. The summed E-state index contributed by atoms with van der Waals surface area (Å²) in [4.78, 5) is 31.3. The normalized spacial score (nSPS) is 20.6. The third-order valence-corrected chi connectivity index (χ3v) is 5.38. The maximum absolute atomic E-state index is 12.6. The molecule has 25 heavy (non-hydrogen) atoms. The first kappa shape index (κ1) is 17.6. The summed E-state index contributed by atoms with van der Waals surface area (Å²) < 4.78 is 1.39. The van der Waals surface area contributed by atoms with Gasteiger partial charge in [-0.05, 0) is 50.2 Å². The molecular formula is C19H25N3O3. The maximum atomic E-state index is 12.6. The number of rotatable bonds is 4. The van der Waals surface area contributed by atoms with E-state index >= 15 is 0 Å². The third kappa shape index (κ3) is 3.58. The predicted molar refractivity (Wildman–Crippen MR) is 96.3 cm³/mol. The van der Waals surface area contributed by atoms with E-state index in [1.165, 1.54) is 10.9 Å². The van der Waals surface area contributed by atoms with Gasteiger partial charge in [-0.1, -0.05) is 12.1 Å². The van der Waals surface area contributed by atoms with E-state index < -0.39 is 0 Å². The van der Waals surface area contributed by atoms with E-state index in [2.05, 4.69) is 4.98 Å². The zero-order chi connectivity index (χ0) is 18.0. The number of benzene rings is 1. The molecule has 0 bridgehead atoms. The molecule has 0 atom stereocenters. The highest BCUT2D eigenvalue weighted by Gasteiger charge is 2.26. The van der Waals surface area contributed by atoms with Crippen LogP contribution in [0, 0.1) is 12.8 Å². The molecule has 0 unspecified atom stereocenters. The molecule has 1 fully saturated rings. The zero-order valence-corrected chi connectivity index (χ0v) is 14.8. The van der Waals surface area contributed by atoms with Crippen molar-refractivity contribution in [2.24, 2.45) is 5.92 Å². The molecule has 3 rings (SSSR count). The topological polar surface area (TPSA) is 75.4 Å². The van der Waals surface area contributed by atoms with Crippen molar-refractivity contribution in [3.05, 3.63) is 40.4 Å². The molecule has 1 N–H and O–H groups in total. The van der Waals surface area contributed by atoms with Gasteiger partial charge in [0.1, 0.15) is 6.54 Å². The van der Waals surface area contributed by atoms with Crippen molar-refractivity contribution in [1.29, 1.82) is 0 Å². The fourth-order valence-electron chi connectivity index (χ4n) is 3.63. The van der Waals surface area contributed by atoms with Crippen LogP contribution in [0.15, 0.2) is 29.3 Å². The number of aliphatic hydroxyl groups excluding tert-OH is 1. The van der Waals surface area contributed by atoms with E-state index in [0.29, 0.717) is 16.8 Å². The lowest BCUT2D eigenvalue weighted by atomic mass is 9.86. The number of fused-ring (bicyclic) bond motifs is 1. The number of aryl methyl sites for hydroxylation is 1. The number of aliphatic hydroxyl groups is 1. The summed E-state index contributed by atoms with van der Waals surface area (Å²) in [5, 5.41) is 9.77. The molecule has 6 nitrogen and oxygen atoms in total. The minimum atomic E-state index is -0.181. The largest absolute Gasteiger partial charge is 0.396 e. The van der Waals surface area contributed by atoms with Crippen molar-refractivity contribution in [2.75, 3.05) is 13.7 Å². The van der Waals surface area contributed by atoms with E-state index in [1.54, 1.807) is 18.0 Å². The van der Waals surface area contributed by atoms with Crippen molar-refractivity contribution in [1.82, 2.24) is 14.5 Å². The summed E-state index contributed by atoms with van der Waals surface area (Å²) in [6.07, 6.45) is 5.15.